The zero-order chi connectivity index (χ0) is 18.1. The van der Waals surface area contributed by atoms with E-state index in [1.165, 1.54) is 18.2 Å². The Hall–Kier alpha value is -2.28. The molecule has 1 unspecified atom stereocenters. The van der Waals surface area contributed by atoms with Gasteiger partial charge in [-0.25, -0.2) is 8.78 Å². The number of carbonyl (C=O) groups is 1. The van der Waals surface area contributed by atoms with Crippen LogP contribution in [0.15, 0.2) is 24.4 Å². The molecule has 2 aromatic rings. The van der Waals surface area contributed by atoms with Crippen molar-refractivity contribution in [1.29, 1.82) is 0 Å². The molecule has 3 heterocycles. The van der Waals surface area contributed by atoms with Crippen LogP contribution in [0.3, 0.4) is 0 Å². The van der Waals surface area contributed by atoms with E-state index >= 15 is 0 Å². The van der Waals surface area contributed by atoms with E-state index in [9.17, 15) is 13.6 Å². The molecule has 0 radical (unpaired) electrons. The highest BCUT2D eigenvalue weighted by Gasteiger charge is 2.33. The Labute approximate surface area is 151 Å². The van der Waals surface area contributed by atoms with Crippen LogP contribution in [0.1, 0.15) is 24.8 Å². The lowest BCUT2D eigenvalue weighted by Crippen LogP contribution is -2.35. The molecule has 1 atom stereocenters. The van der Waals surface area contributed by atoms with Gasteiger partial charge in [0.1, 0.15) is 11.6 Å². The number of likely N-dealkylation sites (tertiary alicyclic amines) is 2. The van der Waals surface area contributed by atoms with Crippen molar-refractivity contribution >= 4 is 5.91 Å². The van der Waals surface area contributed by atoms with E-state index < -0.39 is 11.6 Å². The molecule has 0 bridgehead atoms. The molecular formula is C19H22F2N4O. The van der Waals surface area contributed by atoms with Crippen LogP contribution in [0.5, 0.6) is 0 Å². The van der Waals surface area contributed by atoms with Gasteiger partial charge in [-0.05, 0) is 37.9 Å². The second kappa shape index (κ2) is 7.15. The summed E-state index contributed by atoms with van der Waals surface area (Å²) in [7, 11) is 0. The van der Waals surface area contributed by atoms with E-state index in [0.29, 0.717) is 18.8 Å². The number of aromatic nitrogens is 2. The maximum atomic E-state index is 14.1. The van der Waals surface area contributed by atoms with Crippen molar-refractivity contribution in [3.8, 4) is 11.3 Å². The standard InChI is InChI=1S/C19H22F2N4O/c20-15-4-3-5-16(21)17(15)18-14(10-22-23-18)12-24-9-6-13(11-24)19(26)25-7-1-2-8-25/h3-5,10,13H,1-2,6-9,11-12H2,(H,22,23). The van der Waals surface area contributed by atoms with Gasteiger partial charge in [0, 0.05) is 31.7 Å². The summed E-state index contributed by atoms with van der Waals surface area (Å²) in [6.07, 6.45) is 4.62. The predicted molar refractivity (Wildman–Crippen MR) is 93.1 cm³/mol. The number of amides is 1. The Balaban J connectivity index is 1.46. The Morgan fingerprint density at radius 2 is 1.92 bits per heavy atom. The van der Waals surface area contributed by atoms with Crippen LogP contribution >= 0.6 is 0 Å². The third kappa shape index (κ3) is 3.23. The third-order valence-corrected chi connectivity index (χ3v) is 5.36. The summed E-state index contributed by atoms with van der Waals surface area (Å²) in [5, 5.41) is 6.70. The number of aromatic amines is 1. The minimum Gasteiger partial charge on any atom is -0.342 e. The zero-order valence-electron chi connectivity index (χ0n) is 14.5. The van der Waals surface area contributed by atoms with Gasteiger partial charge in [0.25, 0.3) is 0 Å². The molecule has 1 amide bonds. The Bertz CT molecular complexity index is 780. The lowest BCUT2D eigenvalue weighted by Gasteiger charge is -2.20. The fraction of sp³-hybridized carbons (Fsp3) is 0.474. The van der Waals surface area contributed by atoms with Crippen molar-refractivity contribution in [1.82, 2.24) is 20.0 Å². The highest BCUT2D eigenvalue weighted by molar-refractivity contribution is 5.79. The van der Waals surface area contributed by atoms with Crippen LogP contribution in [0.2, 0.25) is 0 Å². The van der Waals surface area contributed by atoms with E-state index in [1.54, 1.807) is 6.20 Å². The number of nitrogens with zero attached hydrogens (tertiary/aromatic N) is 3. The van der Waals surface area contributed by atoms with Crippen LogP contribution in [0.4, 0.5) is 8.78 Å². The summed E-state index contributed by atoms with van der Waals surface area (Å²) in [5.41, 5.74) is 1.03. The van der Waals surface area contributed by atoms with Gasteiger partial charge < -0.3 is 4.90 Å². The van der Waals surface area contributed by atoms with Gasteiger partial charge in [-0.3, -0.25) is 14.8 Å². The molecule has 5 nitrogen and oxygen atoms in total. The summed E-state index contributed by atoms with van der Waals surface area (Å²) in [6, 6.07) is 3.83. The number of rotatable bonds is 4. The largest absolute Gasteiger partial charge is 0.342 e. The van der Waals surface area contributed by atoms with Crippen molar-refractivity contribution < 1.29 is 13.6 Å². The fourth-order valence-electron chi connectivity index (χ4n) is 4.00. The summed E-state index contributed by atoms with van der Waals surface area (Å²) in [5.74, 6) is -0.954. The molecule has 4 rings (SSSR count). The SMILES string of the molecule is O=C(C1CCN(Cc2cn[nH]c2-c2c(F)cccc2F)C1)N1CCCC1. The predicted octanol–water partition coefficient (Wildman–Crippen LogP) is 2.80. The van der Waals surface area contributed by atoms with Crippen molar-refractivity contribution in [3.63, 3.8) is 0 Å². The normalized spacial score (nSPS) is 20.8. The first-order valence-corrected chi connectivity index (χ1v) is 9.11. The summed E-state index contributed by atoms with van der Waals surface area (Å²) < 4.78 is 28.2. The van der Waals surface area contributed by atoms with E-state index in [-0.39, 0.29) is 17.4 Å². The molecule has 1 aromatic carbocycles. The second-order valence-corrected chi connectivity index (χ2v) is 7.12. The van der Waals surface area contributed by atoms with Crippen molar-refractivity contribution in [2.75, 3.05) is 26.2 Å². The quantitative estimate of drug-likeness (QED) is 0.912. The molecule has 2 saturated heterocycles. The van der Waals surface area contributed by atoms with E-state index in [1.807, 2.05) is 4.90 Å². The first-order valence-electron chi connectivity index (χ1n) is 9.11. The van der Waals surface area contributed by atoms with E-state index in [0.717, 1.165) is 44.5 Å². The molecule has 7 heteroatoms. The van der Waals surface area contributed by atoms with Crippen LogP contribution in [0.25, 0.3) is 11.3 Å². The van der Waals surface area contributed by atoms with Gasteiger partial charge >= 0.3 is 0 Å². The average molecular weight is 360 g/mol. The first-order chi connectivity index (χ1) is 12.6. The summed E-state index contributed by atoms with van der Waals surface area (Å²) >= 11 is 0. The topological polar surface area (TPSA) is 52.2 Å². The number of hydrogen-bond acceptors (Lipinski definition) is 3. The third-order valence-electron chi connectivity index (χ3n) is 5.36. The minimum absolute atomic E-state index is 0.0219. The molecule has 1 N–H and O–H groups in total. The van der Waals surface area contributed by atoms with Gasteiger partial charge in [0.05, 0.1) is 23.4 Å². The van der Waals surface area contributed by atoms with E-state index in [4.69, 9.17) is 0 Å². The number of carbonyl (C=O) groups excluding carboxylic acids is 1. The van der Waals surface area contributed by atoms with Crippen molar-refractivity contribution in [2.45, 2.75) is 25.8 Å². The summed E-state index contributed by atoms with van der Waals surface area (Å²) in [6.45, 7) is 3.74. The Morgan fingerprint density at radius 3 is 2.65 bits per heavy atom. The van der Waals surface area contributed by atoms with Crippen molar-refractivity contribution in [2.24, 2.45) is 5.92 Å². The number of H-pyrrole nitrogens is 1. The highest BCUT2D eigenvalue weighted by atomic mass is 19.1. The van der Waals surface area contributed by atoms with Crippen LogP contribution in [-0.2, 0) is 11.3 Å². The molecule has 2 fully saturated rings. The van der Waals surface area contributed by atoms with Crippen LogP contribution in [0, 0.1) is 17.6 Å². The van der Waals surface area contributed by atoms with E-state index in [2.05, 4.69) is 15.1 Å². The molecule has 26 heavy (non-hydrogen) atoms. The number of hydrogen-bond donors (Lipinski definition) is 1. The monoisotopic (exact) mass is 360 g/mol. The molecule has 138 valence electrons. The lowest BCUT2D eigenvalue weighted by atomic mass is 10.1. The van der Waals surface area contributed by atoms with Crippen LogP contribution in [-0.4, -0.2) is 52.1 Å². The molecule has 0 aliphatic carbocycles. The lowest BCUT2D eigenvalue weighted by molar-refractivity contribution is -0.134. The minimum atomic E-state index is -0.612. The molecule has 2 aliphatic heterocycles. The van der Waals surface area contributed by atoms with Crippen molar-refractivity contribution in [3.05, 3.63) is 41.6 Å². The molecule has 2 aliphatic rings. The Morgan fingerprint density at radius 1 is 1.19 bits per heavy atom. The smallest absolute Gasteiger partial charge is 0.227 e. The molecule has 0 saturated carbocycles. The number of nitrogens with one attached hydrogen (secondary N) is 1. The van der Waals surface area contributed by atoms with Gasteiger partial charge in [0.15, 0.2) is 0 Å². The average Bonchev–Trinajstić information content (AvgIpc) is 3.37. The zero-order valence-corrected chi connectivity index (χ0v) is 14.5. The fourth-order valence-corrected chi connectivity index (χ4v) is 4.00. The molecule has 1 aromatic heterocycles. The Kier molecular flexibility index (Phi) is 4.72. The molecule has 0 spiro atoms. The van der Waals surface area contributed by atoms with Gasteiger partial charge in [0.2, 0.25) is 5.91 Å². The van der Waals surface area contributed by atoms with Gasteiger partial charge in [-0.1, -0.05) is 6.07 Å². The maximum absolute atomic E-state index is 14.1. The van der Waals surface area contributed by atoms with Crippen LogP contribution < -0.4 is 0 Å². The van der Waals surface area contributed by atoms with Gasteiger partial charge in [-0.15, -0.1) is 0 Å². The summed E-state index contributed by atoms with van der Waals surface area (Å²) in [4.78, 5) is 16.7. The molecular weight excluding hydrogens is 338 g/mol. The van der Waals surface area contributed by atoms with Gasteiger partial charge in [-0.2, -0.15) is 5.10 Å². The number of benzene rings is 1. The second-order valence-electron chi connectivity index (χ2n) is 7.12. The number of halogens is 2. The first kappa shape index (κ1) is 17.1. The highest BCUT2D eigenvalue weighted by Crippen LogP contribution is 2.29. The maximum Gasteiger partial charge on any atom is 0.227 e.